The molecule has 31 heavy (non-hydrogen) atoms. The highest BCUT2D eigenvalue weighted by atomic mass is 32.2. The lowest BCUT2D eigenvalue weighted by Crippen LogP contribution is -2.51. The SMILES string of the molecule is COc1ccc(OC)c(S(=O)(=O)N2CCC[C@](C)(C(=O)NCc3ccc(F)cc3)C2)c1. The Morgan fingerprint density at radius 3 is 2.52 bits per heavy atom. The number of ether oxygens (including phenoxy) is 2. The van der Waals surface area contributed by atoms with E-state index in [0.29, 0.717) is 25.1 Å². The van der Waals surface area contributed by atoms with Crippen molar-refractivity contribution in [3.63, 3.8) is 0 Å². The van der Waals surface area contributed by atoms with Crippen molar-refractivity contribution in [3.05, 3.63) is 53.8 Å². The molecule has 1 amide bonds. The molecule has 1 aliphatic heterocycles. The van der Waals surface area contributed by atoms with Gasteiger partial charge in [-0.15, -0.1) is 0 Å². The van der Waals surface area contributed by atoms with Crippen LogP contribution in [0.25, 0.3) is 0 Å². The first-order valence-corrected chi connectivity index (χ1v) is 11.4. The average Bonchev–Trinajstić information content (AvgIpc) is 2.78. The summed E-state index contributed by atoms with van der Waals surface area (Å²) in [5.41, 5.74) is -0.128. The van der Waals surface area contributed by atoms with E-state index in [2.05, 4.69) is 5.32 Å². The predicted molar refractivity (Wildman–Crippen MR) is 114 cm³/mol. The second-order valence-electron chi connectivity index (χ2n) is 7.83. The highest BCUT2D eigenvalue weighted by molar-refractivity contribution is 7.89. The van der Waals surface area contributed by atoms with Crippen LogP contribution >= 0.6 is 0 Å². The summed E-state index contributed by atoms with van der Waals surface area (Å²) in [7, 11) is -1.04. The van der Waals surface area contributed by atoms with Crippen LogP contribution in [0.15, 0.2) is 47.4 Å². The van der Waals surface area contributed by atoms with Crippen molar-refractivity contribution in [2.24, 2.45) is 5.41 Å². The highest BCUT2D eigenvalue weighted by Gasteiger charge is 2.42. The van der Waals surface area contributed by atoms with E-state index < -0.39 is 15.4 Å². The molecular weight excluding hydrogens is 423 g/mol. The van der Waals surface area contributed by atoms with Crippen LogP contribution in [-0.4, -0.2) is 45.9 Å². The van der Waals surface area contributed by atoms with Gasteiger partial charge >= 0.3 is 0 Å². The molecule has 0 unspecified atom stereocenters. The number of methoxy groups -OCH3 is 2. The molecule has 2 aromatic carbocycles. The molecule has 2 aromatic rings. The van der Waals surface area contributed by atoms with Gasteiger partial charge < -0.3 is 14.8 Å². The summed E-state index contributed by atoms with van der Waals surface area (Å²) < 4.78 is 51.6. The standard InChI is InChI=1S/C22H27FN2O5S/c1-22(21(26)24-14-16-5-7-17(23)8-6-16)11-4-12-25(15-22)31(27,28)20-13-18(29-2)9-10-19(20)30-3/h5-10,13H,4,11-12,14-15H2,1-3H3,(H,24,26)/t22-/m0/s1. The van der Waals surface area contributed by atoms with Crippen molar-refractivity contribution in [3.8, 4) is 11.5 Å². The van der Waals surface area contributed by atoms with Gasteiger partial charge in [-0.1, -0.05) is 12.1 Å². The maximum Gasteiger partial charge on any atom is 0.246 e. The van der Waals surface area contributed by atoms with Crippen LogP contribution in [0.4, 0.5) is 4.39 Å². The van der Waals surface area contributed by atoms with Gasteiger partial charge in [-0.25, -0.2) is 12.8 Å². The zero-order chi connectivity index (χ0) is 22.6. The van der Waals surface area contributed by atoms with E-state index in [1.165, 1.54) is 36.7 Å². The van der Waals surface area contributed by atoms with Crippen molar-refractivity contribution in [1.29, 1.82) is 0 Å². The molecule has 0 saturated carbocycles. The molecule has 0 aliphatic carbocycles. The normalized spacial score (nSPS) is 19.6. The number of benzene rings is 2. The van der Waals surface area contributed by atoms with Crippen LogP contribution in [0.3, 0.4) is 0 Å². The number of hydrogen-bond acceptors (Lipinski definition) is 5. The topological polar surface area (TPSA) is 84.9 Å². The van der Waals surface area contributed by atoms with Crippen molar-refractivity contribution in [2.75, 3.05) is 27.3 Å². The Hall–Kier alpha value is -2.65. The smallest absolute Gasteiger partial charge is 0.246 e. The first kappa shape index (κ1) is 23.0. The molecule has 0 spiro atoms. The minimum absolute atomic E-state index is 0.00493. The van der Waals surface area contributed by atoms with Gasteiger partial charge in [-0.2, -0.15) is 4.31 Å². The molecule has 1 atom stereocenters. The first-order valence-electron chi connectivity index (χ1n) is 9.94. The van der Waals surface area contributed by atoms with Crippen molar-refractivity contribution in [2.45, 2.75) is 31.2 Å². The number of carbonyl (C=O) groups excluding carboxylic acids is 1. The minimum Gasteiger partial charge on any atom is -0.497 e. The Balaban J connectivity index is 1.78. The predicted octanol–water partition coefficient (Wildman–Crippen LogP) is 2.95. The number of rotatable bonds is 7. The van der Waals surface area contributed by atoms with Gasteiger partial charge in [0, 0.05) is 25.7 Å². The summed E-state index contributed by atoms with van der Waals surface area (Å²) in [6, 6.07) is 10.5. The number of nitrogens with one attached hydrogen (secondary N) is 1. The zero-order valence-corrected chi connectivity index (χ0v) is 18.7. The Kier molecular flexibility index (Phi) is 6.86. The summed E-state index contributed by atoms with van der Waals surface area (Å²) in [4.78, 5) is 12.9. The fourth-order valence-corrected chi connectivity index (χ4v) is 5.48. The van der Waals surface area contributed by atoms with E-state index in [1.807, 2.05) is 0 Å². The number of amides is 1. The molecule has 7 nitrogen and oxygen atoms in total. The van der Waals surface area contributed by atoms with E-state index in [1.54, 1.807) is 31.2 Å². The van der Waals surface area contributed by atoms with Crippen LogP contribution in [0.2, 0.25) is 0 Å². The molecule has 9 heteroatoms. The molecule has 0 aromatic heterocycles. The molecule has 1 heterocycles. The number of carbonyl (C=O) groups is 1. The van der Waals surface area contributed by atoms with Crippen molar-refractivity contribution in [1.82, 2.24) is 9.62 Å². The Bertz CT molecular complexity index is 1040. The van der Waals surface area contributed by atoms with E-state index in [4.69, 9.17) is 9.47 Å². The molecular formula is C22H27FN2O5S. The Labute approximate surface area is 182 Å². The number of sulfonamides is 1. The Morgan fingerprint density at radius 2 is 1.87 bits per heavy atom. The van der Waals surface area contributed by atoms with E-state index >= 15 is 0 Å². The highest BCUT2D eigenvalue weighted by Crippen LogP contribution is 2.36. The molecule has 0 bridgehead atoms. The zero-order valence-electron chi connectivity index (χ0n) is 17.9. The summed E-state index contributed by atoms with van der Waals surface area (Å²) in [6.45, 7) is 2.36. The van der Waals surface area contributed by atoms with Crippen molar-refractivity contribution >= 4 is 15.9 Å². The van der Waals surface area contributed by atoms with E-state index in [9.17, 15) is 17.6 Å². The minimum atomic E-state index is -3.91. The fourth-order valence-electron chi connectivity index (χ4n) is 3.71. The number of halogens is 1. The molecule has 1 aliphatic rings. The Morgan fingerprint density at radius 1 is 1.16 bits per heavy atom. The lowest BCUT2D eigenvalue weighted by atomic mass is 9.82. The van der Waals surface area contributed by atoms with Crippen LogP contribution in [0.5, 0.6) is 11.5 Å². The van der Waals surface area contributed by atoms with Gasteiger partial charge in [0.1, 0.15) is 22.2 Å². The monoisotopic (exact) mass is 450 g/mol. The summed E-state index contributed by atoms with van der Waals surface area (Å²) in [5, 5.41) is 2.85. The van der Waals surface area contributed by atoms with E-state index in [-0.39, 0.29) is 35.5 Å². The van der Waals surface area contributed by atoms with Gasteiger partial charge in [0.2, 0.25) is 15.9 Å². The van der Waals surface area contributed by atoms with E-state index in [0.717, 1.165) is 5.56 Å². The van der Waals surface area contributed by atoms with Crippen LogP contribution in [0, 0.1) is 11.2 Å². The third-order valence-corrected chi connectivity index (χ3v) is 7.43. The maximum absolute atomic E-state index is 13.4. The molecule has 1 saturated heterocycles. The van der Waals surface area contributed by atoms with Gasteiger partial charge in [0.05, 0.1) is 19.6 Å². The van der Waals surface area contributed by atoms with Crippen LogP contribution < -0.4 is 14.8 Å². The lowest BCUT2D eigenvalue weighted by Gasteiger charge is -2.38. The molecule has 1 N–H and O–H groups in total. The summed E-state index contributed by atoms with van der Waals surface area (Å²) in [5.74, 6) is 0.0301. The van der Waals surface area contributed by atoms with Gasteiger partial charge in [-0.05, 0) is 49.6 Å². The quantitative estimate of drug-likeness (QED) is 0.701. The number of hydrogen-bond donors (Lipinski definition) is 1. The van der Waals surface area contributed by atoms with Gasteiger partial charge in [-0.3, -0.25) is 4.79 Å². The second-order valence-corrected chi connectivity index (χ2v) is 9.74. The van der Waals surface area contributed by atoms with Gasteiger partial charge in [0.25, 0.3) is 0 Å². The first-order chi connectivity index (χ1) is 14.7. The largest absolute Gasteiger partial charge is 0.497 e. The summed E-state index contributed by atoms with van der Waals surface area (Å²) in [6.07, 6.45) is 1.11. The third-order valence-electron chi connectivity index (χ3n) is 5.56. The average molecular weight is 451 g/mol. The van der Waals surface area contributed by atoms with Crippen molar-refractivity contribution < 1.29 is 27.1 Å². The third kappa shape index (κ3) is 4.99. The number of piperidine rings is 1. The molecule has 168 valence electrons. The summed E-state index contributed by atoms with van der Waals surface area (Å²) >= 11 is 0. The van der Waals surface area contributed by atoms with Gasteiger partial charge in [0.15, 0.2) is 0 Å². The maximum atomic E-state index is 13.4. The molecule has 3 rings (SSSR count). The molecule has 1 fully saturated rings. The van der Waals surface area contributed by atoms with Crippen LogP contribution in [-0.2, 0) is 21.4 Å². The molecule has 0 radical (unpaired) electrons. The van der Waals surface area contributed by atoms with Crippen LogP contribution in [0.1, 0.15) is 25.3 Å². The lowest BCUT2D eigenvalue weighted by molar-refractivity contribution is -0.132. The number of nitrogens with zero attached hydrogens (tertiary/aromatic N) is 1. The second kappa shape index (κ2) is 9.23. The fraction of sp³-hybridized carbons (Fsp3) is 0.409.